The summed E-state index contributed by atoms with van der Waals surface area (Å²) in [5.41, 5.74) is 7.03. The Morgan fingerprint density at radius 2 is 2.25 bits per heavy atom. The highest BCUT2D eigenvalue weighted by atomic mass is 32.1. The maximum atomic E-state index is 5.77. The van der Waals surface area contributed by atoms with Crippen molar-refractivity contribution in [2.45, 2.75) is 19.3 Å². The van der Waals surface area contributed by atoms with Crippen molar-refractivity contribution in [1.29, 1.82) is 0 Å². The van der Waals surface area contributed by atoms with Gasteiger partial charge in [-0.05, 0) is 25.3 Å². The normalized spacial score (nSPS) is 17.2. The van der Waals surface area contributed by atoms with E-state index in [0.29, 0.717) is 12.5 Å². The summed E-state index contributed by atoms with van der Waals surface area (Å²) < 4.78 is 7.46. The van der Waals surface area contributed by atoms with Gasteiger partial charge in [0.2, 0.25) is 0 Å². The van der Waals surface area contributed by atoms with Crippen LogP contribution in [-0.4, -0.2) is 42.7 Å². The lowest BCUT2D eigenvalue weighted by molar-refractivity contribution is 0.139. The number of hydrogen-bond acceptors (Lipinski definition) is 5. The number of rotatable bonds is 5. The van der Waals surface area contributed by atoms with E-state index in [1.807, 2.05) is 0 Å². The zero-order chi connectivity index (χ0) is 13.9. The van der Waals surface area contributed by atoms with Crippen molar-refractivity contribution in [3.8, 4) is 0 Å². The summed E-state index contributed by atoms with van der Waals surface area (Å²) in [5.74, 6) is 1.83. The molecule has 0 amide bonds. The van der Waals surface area contributed by atoms with Crippen molar-refractivity contribution in [2.24, 2.45) is 11.7 Å². The lowest BCUT2D eigenvalue weighted by Crippen LogP contribution is -2.36. The molecule has 2 N–H and O–H groups in total. The summed E-state index contributed by atoms with van der Waals surface area (Å²) >= 11 is 1.69. The van der Waals surface area contributed by atoms with Crippen LogP contribution in [0, 0.1) is 5.92 Å². The highest BCUT2D eigenvalue weighted by Gasteiger charge is 2.24. The number of piperidine rings is 1. The molecule has 2 aromatic rings. The van der Waals surface area contributed by atoms with Crippen LogP contribution >= 0.6 is 11.3 Å². The maximum Gasteiger partial charge on any atom is 0.195 e. The Hall–Kier alpha value is -1.11. The smallest absolute Gasteiger partial charge is 0.195 e. The van der Waals surface area contributed by atoms with Gasteiger partial charge in [-0.1, -0.05) is 0 Å². The fourth-order valence-electron chi connectivity index (χ4n) is 2.99. The molecule has 1 aliphatic rings. The molecule has 1 aliphatic heterocycles. The first-order valence-corrected chi connectivity index (χ1v) is 8.09. The van der Waals surface area contributed by atoms with Gasteiger partial charge in [0.25, 0.3) is 0 Å². The molecule has 1 saturated heterocycles. The Labute approximate surface area is 123 Å². The molecule has 0 radical (unpaired) electrons. The Morgan fingerprint density at radius 1 is 1.45 bits per heavy atom. The van der Waals surface area contributed by atoms with Crippen molar-refractivity contribution in [3.63, 3.8) is 0 Å². The van der Waals surface area contributed by atoms with Gasteiger partial charge >= 0.3 is 0 Å². The van der Waals surface area contributed by atoms with Crippen molar-refractivity contribution in [2.75, 3.05) is 38.3 Å². The van der Waals surface area contributed by atoms with E-state index in [2.05, 4.69) is 20.9 Å². The molecular weight excluding hydrogens is 272 g/mol. The summed E-state index contributed by atoms with van der Waals surface area (Å²) in [4.78, 5) is 8.29. The molecule has 0 saturated carbocycles. The van der Waals surface area contributed by atoms with Crippen LogP contribution in [0.4, 0.5) is 5.82 Å². The molecule has 0 atom stereocenters. The molecular formula is C14H22N4OS. The van der Waals surface area contributed by atoms with Crippen molar-refractivity contribution in [1.82, 2.24) is 9.38 Å². The lowest BCUT2D eigenvalue weighted by Gasteiger charge is -2.32. The number of methoxy groups -OCH3 is 1. The first-order chi connectivity index (χ1) is 9.83. The average Bonchev–Trinajstić information content (AvgIpc) is 3.03. The molecule has 20 heavy (non-hydrogen) atoms. The van der Waals surface area contributed by atoms with Gasteiger partial charge in [-0.25, -0.2) is 4.98 Å². The Balaban J connectivity index is 1.80. The molecule has 0 unspecified atom stereocenters. The van der Waals surface area contributed by atoms with Crippen molar-refractivity contribution in [3.05, 3.63) is 17.3 Å². The van der Waals surface area contributed by atoms with Crippen molar-refractivity contribution >= 4 is 22.1 Å². The fraction of sp³-hybridized carbons (Fsp3) is 0.643. The van der Waals surface area contributed by atoms with Crippen LogP contribution in [0.2, 0.25) is 0 Å². The van der Waals surface area contributed by atoms with Gasteiger partial charge in [0.1, 0.15) is 0 Å². The van der Waals surface area contributed by atoms with Crippen LogP contribution in [0.1, 0.15) is 18.5 Å². The number of nitrogens with two attached hydrogens (primary N) is 1. The molecule has 0 bridgehead atoms. The van der Waals surface area contributed by atoms with Gasteiger partial charge in [-0.3, -0.25) is 4.40 Å². The number of nitrogens with zero attached hydrogens (tertiary/aromatic N) is 3. The molecule has 2 aromatic heterocycles. The predicted molar refractivity (Wildman–Crippen MR) is 82.6 cm³/mol. The van der Waals surface area contributed by atoms with Crippen molar-refractivity contribution < 1.29 is 4.74 Å². The van der Waals surface area contributed by atoms with Gasteiger partial charge in [-0.15, -0.1) is 11.3 Å². The quantitative estimate of drug-likeness (QED) is 0.913. The SMILES string of the molecule is COCC1CCN(c2nc3sccn3c2CCN)CC1. The highest BCUT2D eigenvalue weighted by molar-refractivity contribution is 7.15. The third kappa shape index (κ3) is 2.55. The number of thiazole rings is 1. The minimum Gasteiger partial charge on any atom is -0.384 e. The van der Waals surface area contributed by atoms with Crippen LogP contribution in [0.15, 0.2) is 11.6 Å². The number of fused-ring (bicyclic) bond motifs is 1. The van der Waals surface area contributed by atoms with E-state index < -0.39 is 0 Å². The van der Waals surface area contributed by atoms with Crippen LogP contribution in [0.5, 0.6) is 0 Å². The molecule has 3 rings (SSSR count). The van der Waals surface area contributed by atoms with Gasteiger partial charge in [0.05, 0.1) is 5.69 Å². The van der Waals surface area contributed by atoms with Gasteiger partial charge < -0.3 is 15.4 Å². The number of imidazole rings is 1. The molecule has 6 heteroatoms. The molecule has 0 aromatic carbocycles. The van der Waals surface area contributed by atoms with E-state index in [1.54, 1.807) is 18.4 Å². The zero-order valence-electron chi connectivity index (χ0n) is 11.9. The van der Waals surface area contributed by atoms with E-state index in [1.165, 1.54) is 18.5 Å². The van der Waals surface area contributed by atoms with E-state index >= 15 is 0 Å². The van der Waals surface area contributed by atoms with Crippen LogP contribution in [0.3, 0.4) is 0 Å². The van der Waals surface area contributed by atoms with Gasteiger partial charge in [0.15, 0.2) is 10.8 Å². The standard InChI is InChI=1S/C14H22N4OS/c1-19-10-11-3-6-17(7-4-11)13-12(2-5-15)18-8-9-20-14(18)16-13/h8-9,11H,2-7,10,15H2,1H3. The molecule has 5 nitrogen and oxygen atoms in total. The van der Waals surface area contributed by atoms with Gasteiger partial charge in [0, 0.05) is 44.8 Å². The molecule has 1 fully saturated rings. The van der Waals surface area contributed by atoms with Crippen LogP contribution in [-0.2, 0) is 11.2 Å². The number of anilines is 1. The minimum atomic E-state index is 0.663. The van der Waals surface area contributed by atoms with E-state index in [-0.39, 0.29) is 0 Å². The largest absolute Gasteiger partial charge is 0.384 e. The van der Waals surface area contributed by atoms with E-state index in [4.69, 9.17) is 15.5 Å². The second-order valence-corrected chi connectivity index (χ2v) is 6.24. The predicted octanol–water partition coefficient (Wildman–Crippen LogP) is 1.76. The third-order valence-electron chi connectivity index (χ3n) is 4.04. The molecule has 3 heterocycles. The second kappa shape index (κ2) is 6.11. The van der Waals surface area contributed by atoms with Crippen LogP contribution in [0.25, 0.3) is 4.96 Å². The summed E-state index contributed by atoms with van der Waals surface area (Å²) in [6, 6.07) is 0. The molecule has 110 valence electrons. The van der Waals surface area contributed by atoms with E-state index in [0.717, 1.165) is 36.9 Å². The third-order valence-corrected chi connectivity index (χ3v) is 4.79. The number of ether oxygens (including phenoxy) is 1. The Bertz CT molecular complexity index is 557. The zero-order valence-corrected chi connectivity index (χ0v) is 12.7. The monoisotopic (exact) mass is 294 g/mol. The number of hydrogen-bond donors (Lipinski definition) is 1. The minimum absolute atomic E-state index is 0.663. The first-order valence-electron chi connectivity index (χ1n) is 7.22. The second-order valence-electron chi connectivity index (χ2n) is 5.36. The summed E-state index contributed by atoms with van der Waals surface area (Å²) in [6.45, 7) is 3.67. The summed E-state index contributed by atoms with van der Waals surface area (Å²) in [7, 11) is 1.79. The molecule has 0 spiro atoms. The van der Waals surface area contributed by atoms with Crippen LogP contribution < -0.4 is 10.6 Å². The Morgan fingerprint density at radius 3 is 2.95 bits per heavy atom. The van der Waals surface area contributed by atoms with E-state index in [9.17, 15) is 0 Å². The summed E-state index contributed by atoms with van der Waals surface area (Å²) in [6.07, 6.45) is 5.34. The maximum absolute atomic E-state index is 5.77. The highest BCUT2D eigenvalue weighted by Crippen LogP contribution is 2.28. The lowest BCUT2D eigenvalue weighted by atomic mass is 9.98. The molecule has 0 aliphatic carbocycles. The fourth-order valence-corrected chi connectivity index (χ4v) is 3.72. The first kappa shape index (κ1) is 13.9. The number of aromatic nitrogens is 2. The summed E-state index contributed by atoms with van der Waals surface area (Å²) in [5, 5.41) is 2.08. The Kier molecular flexibility index (Phi) is 4.24. The average molecular weight is 294 g/mol. The van der Waals surface area contributed by atoms with Gasteiger partial charge in [-0.2, -0.15) is 0 Å². The topological polar surface area (TPSA) is 55.8 Å².